The minimum Gasteiger partial charge on any atom is -0.480 e. The van der Waals surface area contributed by atoms with Crippen LogP contribution in [0.4, 0.5) is 0 Å². The highest BCUT2D eigenvalue weighted by molar-refractivity contribution is 5.94. The number of aromatic amines is 1. The van der Waals surface area contributed by atoms with E-state index < -0.39 is 18.1 Å². The number of aromatic nitrogens is 1. The molecule has 3 aromatic rings. The molecular weight excluding hydrogens is 544 g/mol. The first-order valence-electron chi connectivity index (χ1n) is 15.6. The van der Waals surface area contributed by atoms with Crippen LogP contribution in [0.3, 0.4) is 0 Å². The lowest BCUT2D eigenvalue weighted by molar-refractivity contribution is -0.150. The number of carboxylic acid groups (broad SMARTS) is 1. The molecule has 9 nitrogen and oxygen atoms in total. The fourth-order valence-electron chi connectivity index (χ4n) is 6.62. The molecule has 0 radical (unpaired) electrons. The third-order valence-corrected chi connectivity index (χ3v) is 8.97. The van der Waals surface area contributed by atoms with Crippen LogP contribution in [-0.2, 0) is 32.0 Å². The van der Waals surface area contributed by atoms with Crippen LogP contribution in [-0.4, -0.2) is 75.3 Å². The van der Waals surface area contributed by atoms with Gasteiger partial charge in [-0.15, -0.1) is 0 Å². The number of carboxylic acids is 1. The number of aliphatic carboxylic acids is 1. The molecule has 2 aromatic carbocycles. The third-order valence-electron chi connectivity index (χ3n) is 8.97. The Morgan fingerprint density at radius 1 is 0.953 bits per heavy atom. The van der Waals surface area contributed by atoms with E-state index >= 15 is 0 Å². The zero-order valence-corrected chi connectivity index (χ0v) is 24.7. The van der Waals surface area contributed by atoms with Gasteiger partial charge in [0.25, 0.3) is 0 Å². The Bertz CT molecular complexity index is 1410. The van der Waals surface area contributed by atoms with E-state index in [1.165, 1.54) is 24.2 Å². The molecule has 0 bridgehead atoms. The summed E-state index contributed by atoms with van der Waals surface area (Å²) in [6.07, 6.45) is 9.83. The standard InChI is InChI=1S/C34H42N4O5/c39-31(21-26-22-35-28-15-8-7-14-27(26)28)36-29(20-25-12-5-2-6-13-25)33(41)37(19-17-24-10-3-1-4-11-24)23-32(40)38-18-9-16-30(38)34(42)43/h2,5-8,12-15,22,24,29-30,35H,1,3-4,9-11,16-21,23H2,(H,36,39)(H,42,43)/t29?,30-/m1/s1. The first kappa shape index (κ1) is 30.3. The minimum atomic E-state index is -1.02. The van der Waals surface area contributed by atoms with Gasteiger partial charge >= 0.3 is 5.97 Å². The summed E-state index contributed by atoms with van der Waals surface area (Å²) >= 11 is 0. The van der Waals surface area contributed by atoms with E-state index in [1.54, 1.807) is 4.90 Å². The van der Waals surface area contributed by atoms with Crippen molar-refractivity contribution in [1.82, 2.24) is 20.1 Å². The largest absolute Gasteiger partial charge is 0.480 e. The molecule has 228 valence electrons. The van der Waals surface area contributed by atoms with Gasteiger partial charge in [-0.25, -0.2) is 4.79 Å². The second kappa shape index (κ2) is 14.4. The molecule has 5 rings (SSSR count). The molecule has 3 amide bonds. The fourth-order valence-corrected chi connectivity index (χ4v) is 6.62. The van der Waals surface area contributed by atoms with Crippen molar-refractivity contribution in [3.05, 3.63) is 71.9 Å². The SMILES string of the molecule is O=C(Cc1c[nH]c2ccccc12)NC(Cc1ccccc1)C(=O)N(CCC1CCCCC1)CC(=O)N1CCC[C@@H]1C(=O)O. The number of nitrogens with one attached hydrogen (secondary N) is 2. The molecule has 43 heavy (non-hydrogen) atoms. The van der Waals surface area contributed by atoms with Crippen LogP contribution in [0.1, 0.15) is 62.5 Å². The molecule has 2 aliphatic rings. The molecule has 9 heteroatoms. The highest BCUT2D eigenvalue weighted by Gasteiger charge is 2.36. The van der Waals surface area contributed by atoms with Crippen LogP contribution < -0.4 is 5.32 Å². The molecule has 1 aliphatic heterocycles. The third kappa shape index (κ3) is 7.83. The number of carbonyl (C=O) groups excluding carboxylic acids is 3. The van der Waals surface area contributed by atoms with Gasteiger partial charge < -0.3 is 25.2 Å². The molecule has 1 aromatic heterocycles. The zero-order chi connectivity index (χ0) is 30.2. The number of para-hydroxylation sites is 1. The second-order valence-corrected chi connectivity index (χ2v) is 12.0. The maximum absolute atomic E-state index is 14.3. The van der Waals surface area contributed by atoms with E-state index in [9.17, 15) is 24.3 Å². The molecule has 1 saturated heterocycles. The summed E-state index contributed by atoms with van der Waals surface area (Å²) < 4.78 is 0. The number of carbonyl (C=O) groups is 4. The summed E-state index contributed by atoms with van der Waals surface area (Å²) in [7, 11) is 0. The molecular formula is C34H42N4O5. The lowest BCUT2D eigenvalue weighted by atomic mass is 9.87. The van der Waals surface area contributed by atoms with Crippen molar-refractivity contribution in [3.63, 3.8) is 0 Å². The van der Waals surface area contributed by atoms with Crippen LogP contribution in [0.5, 0.6) is 0 Å². The van der Waals surface area contributed by atoms with Crippen LogP contribution in [0.25, 0.3) is 10.9 Å². The maximum Gasteiger partial charge on any atom is 0.326 e. The topological polar surface area (TPSA) is 123 Å². The van der Waals surface area contributed by atoms with Crippen molar-refractivity contribution in [2.24, 2.45) is 5.92 Å². The molecule has 1 saturated carbocycles. The van der Waals surface area contributed by atoms with E-state index in [0.29, 0.717) is 31.8 Å². The normalized spacial score (nSPS) is 18.0. The van der Waals surface area contributed by atoms with Gasteiger partial charge in [-0.3, -0.25) is 14.4 Å². The number of hydrogen-bond acceptors (Lipinski definition) is 4. The van der Waals surface area contributed by atoms with Gasteiger partial charge in [0.15, 0.2) is 0 Å². The van der Waals surface area contributed by atoms with E-state index in [0.717, 1.165) is 41.3 Å². The summed E-state index contributed by atoms with van der Waals surface area (Å²) in [5.41, 5.74) is 2.69. The van der Waals surface area contributed by atoms with E-state index in [4.69, 9.17) is 0 Å². The Morgan fingerprint density at radius 2 is 1.70 bits per heavy atom. The Hall–Kier alpha value is -4.14. The van der Waals surface area contributed by atoms with Crippen LogP contribution in [0, 0.1) is 5.92 Å². The van der Waals surface area contributed by atoms with Gasteiger partial charge in [0.1, 0.15) is 12.1 Å². The average Bonchev–Trinajstić information content (AvgIpc) is 3.68. The first-order valence-corrected chi connectivity index (χ1v) is 15.6. The van der Waals surface area contributed by atoms with Gasteiger partial charge in [-0.2, -0.15) is 0 Å². The molecule has 1 unspecified atom stereocenters. The number of likely N-dealkylation sites (tertiary alicyclic amines) is 1. The van der Waals surface area contributed by atoms with Crippen molar-refractivity contribution >= 4 is 34.6 Å². The monoisotopic (exact) mass is 586 g/mol. The molecule has 2 heterocycles. The van der Waals surface area contributed by atoms with Gasteiger partial charge in [-0.05, 0) is 42.4 Å². The number of amides is 3. The molecule has 2 atom stereocenters. The van der Waals surface area contributed by atoms with Crippen LogP contribution in [0.2, 0.25) is 0 Å². The van der Waals surface area contributed by atoms with Crippen LogP contribution >= 0.6 is 0 Å². The van der Waals surface area contributed by atoms with E-state index in [-0.39, 0.29) is 37.1 Å². The summed E-state index contributed by atoms with van der Waals surface area (Å²) in [4.78, 5) is 59.0. The molecule has 2 fully saturated rings. The number of hydrogen-bond donors (Lipinski definition) is 3. The van der Waals surface area contributed by atoms with Crippen molar-refractivity contribution in [2.45, 2.75) is 76.3 Å². The van der Waals surface area contributed by atoms with E-state index in [2.05, 4.69) is 10.3 Å². The molecule has 1 aliphatic carbocycles. The first-order chi connectivity index (χ1) is 20.9. The number of fused-ring (bicyclic) bond motifs is 1. The molecule has 0 spiro atoms. The van der Waals surface area contributed by atoms with Gasteiger partial charge in [0.05, 0.1) is 13.0 Å². The Kier molecular flexibility index (Phi) is 10.1. The number of H-pyrrole nitrogens is 1. The lowest BCUT2D eigenvalue weighted by Crippen LogP contribution is -2.54. The van der Waals surface area contributed by atoms with E-state index in [1.807, 2.05) is 60.8 Å². The number of nitrogens with zero attached hydrogens (tertiary/aromatic N) is 2. The number of rotatable bonds is 12. The second-order valence-electron chi connectivity index (χ2n) is 12.0. The Labute approximate surface area is 252 Å². The highest BCUT2D eigenvalue weighted by atomic mass is 16.4. The Morgan fingerprint density at radius 3 is 2.47 bits per heavy atom. The Balaban J connectivity index is 1.35. The minimum absolute atomic E-state index is 0.109. The summed E-state index contributed by atoms with van der Waals surface area (Å²) in [5.74, 6) is -1.47. The number of benzene rings is 2. The lowest BCUT2D eigenvalue weighted by Gasteiger charge is -2.32. The summed E-state index contributed by atoms with van der Waals surface area (Å²) in [5, 5.41) is 13.6. The van der Waals surface area contributed by atoms with Gasteiger partial charge in [0.2, 0.25) is 17.7 Å². The van der Waals surface area contributed by atoms with Crippen molar-refractivity contribution in [3.8, 4) is 0 Å². The zero-order valence-electron chi connectivity index (χ0n) is 24.7. The van der Waals surface area contributed by atoms with Crippen LogP contribution in [0.15, 0.2) is 60.8 Å². The van der Waals surface area contributed by atoms with Gasteiger partial charge in [0, 0.05) is 36.6 Å². The van der Waals surface area contributed by atoms with Crippen molar-refractivity contribution in [1.29, 1.82) is 0 Å². The smallest absolute Gasteiger partial charge is 0.326 e. The van der Waals surface area contributed by atoms with Crippen molar-refractivity contribution < 1.29 is 24.3 Å². The fraction of sp³-hybridized carbons (Fsp3) is 0.471. The predicted octanol–water partition coefficient (Wildman–Crippen LogP) is 4.31. The van der Waals surface area contributed by atoms with Gasteiger partial charge in [-0.1, -0.05) is 80.6 Å². The summed E-state index contributed by atoms with van der Waals surface area (Å²) in [6.45, 7) is 0.568. The summed E-state index contributed by atoms with van der Waals surface area (Å²) in [6, 6.07) is 15.6. The maximum atomic E-state index is 14.3. The quantitative estimate of drug-likeness (QED) is 0.292. The average molecular weight is 587 g/mol. The van der Waals surface area contributed by atoms with Crippen molar-refractivity contribution in [2.75, 3.05) is 19.6 Å². The molecule has 3 N–H and O–H groups in total. The highest BCUT2D eigenvalue weighted by Crippen LogP contribution is 2.27. The predicted molar refractivity (Wildman–Crippen MR) is 164 cm³/mol.